The average molecular weight is 336 g/mol. The predicted octanol–water partition coefficient (Wildman–Crippen LogP) is 3.32. The van der Waals surface area contributed by atoms with Crippen LogP contribution in [0.4, 0.5) is 0 Å². The lowest BCUT2D eigenvalue weighted by atomic mass is 10.1. The molecule has 0 aliphatic carbocycles. The molecule has 0 N–H and O–H groups in total. The molecule has 0 fully saturated rings. The molecule has 5 nitrogen and oxygen atoms in total. The van der Waals surface area contributed by atoms with Gasteiger partial charge < -0.3 is 4.74 Å². The number of benzene rings is 2. The molecule has 0 unspecified atom stereocenters. The molecule has 0 spiro atoms. The van der Waals surface area contributed by atoms with Crippen molar-refractivity contribution in [2.45, 2.75) is 33.7 Å². The summed E-state index contributed by atoms with van der Waals surface area (Å²) in [6.07, 6.45) is 1.58. The first-order valence-corrected chi connectivity index (χ1v) is 8.18. The van der Waals surface area contributed by atoms with E-state index >= 15 is 0 Å². The Kier molecular flexibility index (Phi) is 4.65. The second-order valence-corrected chi connectivity index (χ2v) is 6.19. The number of carbonyl (C=O) groups excluding carboxylic acids is 1. The van der Waals surface area contributed by atoms with Crippen molar-refractivity contribution in [1.82, 2.24) is 9.55 Å². The fourth-order valence-electron chi connectivity index (χ4n) is 2.76. The fourth-order valence-corrected chi connectivity index (χ4v) is 2.76. The molecule has 0 aliphatic heterocycles. The van der Waals surface area contributed by atoms with Crippen LogP contribution in [0.2, 0.25) is 0 Å². The van der Waals surface area contributed by atoms with Gasteiger partial charge in [-0.25, -0.2) is 4.98 Å². The van der Waals surface area contributed by atoms with Crippen molar-refractivity contribution in [1.29, 1.82) is 0 Å². The molecule has 0 atom stereocenters. The van der Waals surface area contributed by atoms with Crippen molar-refractivity contribution in [3.05, 3.63) is 69.8 Å². The monoisotopic (exact) mass is 336 g/mol. The summed E-state index contributed by atoms with van der Waals surface area (Å²) in [5.41, 5.74) is 3.57. The molecular formula is C20H20N2O3. The van der Waals surface area contributed by atoms with Crippen LogP contribution in [0, 0.1) is 20.8 Å². The van der Waals surface area contributed by atoms with Crippen molar-refractivity contribution >= 4 is 16.9 Å². The lowest BCUT2D eigenvalue weighted by Gasteiger charge is -2.11. The fraction of sp³-hybridized carbons (Fsp3) is 0.250. The Balaban J connectivity index is 1.73. The van der Waals surface area contributed by atoms with Crippen LogP contribution in [-0.2, 0) is 11.3 Å². The van der Waals surface area contributed by atoms with Crippen molar-refractivity contribution in [2.24, 2.45) is 0 Å². The highest BCUT2D eigenvalue weighted by Gasteiger charge is 2.11. The minimum absolute atomic E-state index is 0.104. The smallest absolute Gasteiger partial charge is 0.313 e. The van der Waals surface area contributed by atoms with E-state index in [1.54, 1.807) is 18.2 Å². The van der Waals surface area contributed by atoms with Crippen LogP contribution >= 0.6 is 0 Å². The summed E-state index contributed by atoms with van der Waals surface area (Å²) in [6.45, 7) is 6.11. The molecule has 128 valence electrons. The lowest BCUT2D eigenvalue weighted by molar-refractivity contribution is -0.134. The van der Waals surface area contributed by atoms with Crippen LogP contribution in [0.3, 0.4) is 0 Å². The van der Waals surface area contributed by atoms with Crippen LogP contribution < -0.4 is 10.3 Å². The van der Waals surface area contributed by atoms with Crippen LogP contribution in [0.15, 0.2) is 47.5 Å². The Hall–Kier alpha value is -2.95. The highest BCUT2D eigenvalue weighted by molar-refractivity contribution is 5.77. The van der Waals surface area contributed by atoms with Gasteiger partial charge in [0.2, 0.25) is 0 Å². The van der Waals surface area contributed by atoms with Gasteiger partial charge in [0.25, 0.3) is 5.56 Å². The number of rotatable bonds is 4. The van der Waals surface area contributed by atoms with Gasteiger partial charge in [0, 0.05) is 6.54 Å². The summed E-state index contributed by atoms with van der Waals surface area (Å²) < 4.78 is 6.92. The van der Waals surface area contributed by atoms with Crippen molar-refractivity contribution in [3.63, 3.8) is 0 Å². The number of fused-ring (bicyclic) bond motifs is 1. The van der Waals surface area contributed by atoms with Gasteiger partial charge in [-0.2, -0.15) is 0 Å². The summed E-state index contributed by atoms with van der Waals surface area (Å²) in [5, 5.41) is 0.545. The maximum Gasteiger partial charge on any atom is 0.313 e. The molecule has 1 heterocycles. The molecular weight excluding hydrogens is 316 g/mol. The Labute approximate surface area is 145 Å². The number of para-hydroxylation sites is 1. The SMILES string of the molecule is Cc1cc(C)c(C)c(OC(=O)CCn2cnc3ccccc3c2=O)c1. The molecule has 3 aromatic rings. The molecule has 5 heteroatoms. The molecule has 25 heavy (non-hydrogen) atoms. The van der Waals surface area contributed by atoms with Gasteiger partial charge in [0.15, 0.2) is 0 Å². The zero-order valence-corrected chi connectivity index (χ0v) is 14.6. The van der Waals surface area contributed by atoms with E-state index in [1.165, 1.54) is 10.9 Å². The normalized spacial score (nSPS) is 10.8. The summed E-state index contributed by atoms with van der Waals surface area (Å²) in [6, 6.07) is 11.1. The molecule has 0 radical (unpaired) electrons. The maximum atomic E-state index is 12.4. The number of aryl methyl sites for hydroxylation is 3. The number of nitrogens with zero attached hydrogens (tertiary/aromatic N) is 2. The first-order valence-electron chi connectivity index (χ1n) is 8.18. The van der Waals surface area contributed by atoms with Crippen LogP contribution in [0.1, 0.15) is 23.1 Å². The minimum Gasteiger partial charge on any atom is -0.426 e. The van der Waals surface area contributed by atoms with E-state index in [0.29, 0.717) is 16.7 Å². The molecule has 0 amide bonds. The third kappa shape index (κ3) is 3.60. The number of esters is 1. The summed E-state index contributed by atoms with van der Waals surface area (Å²) in [5.74, 6) is 0.208. The molecule has 2 aromatic carbocycles. The van der Waals surface area contributed by atoms with E-state index in [-0.39, 0.29) is 24.5 Å². The second-order valence-electron chi connectivity index (χ2n) is 6.19. The maximum absolute atomic E-state index is 12.4. The molecule has 0 saturated heterocycles. The van der Waals surface area contributed by atoms with Crippen molar-refractivity contribution < 1.29 is 9.53 Å². The number of carbonyl (C=O) groups is 1. The average Bonchev–Trinajstić information content (AvgIpc) is 2.59. The zero-order valence-electron chi connectivity index (χ0n) is 14.6. The van der Waals surface area contributed by atoms with E-state index in [2.05, 4.69) is 4.98 Å². The third-order valence-electron chi connectivity index (χ3n) is 4.28. The molecule has 0 saturated carbocycles. The molecule has 3 rings (SSSR count). The summed E-state index contributed by atoms with van der Waals surface area (Å²) in [4.78, 5) is 28.8. The Morgan fingerprint density at radius 1 is 1.16 bits per heavy atom. The van der Waals surface area contributed by atoms with Crippen LogP contribution in [-0.4, -0.2) is 15.5 Å². The van der Waals surface area contributed by atoms with Crippen molar-refractivity contribution in [3.8, 4) is 5.75 Å². The largest absolute Gasteiger partial charge is 0.426 e. The third-order valence-corrected chi connectivity index (χ3v) is 4.28. The van der Waals surface area contributed by atoms with Gasteiger partial charge >= 0.3 is 5.97 Å². The number of ether oxygens (including phenoxy) is 1. The van der Waals surface area contributed by atoms with Gasteiger partial charge in [-0.3, -0.25) is 14.2 Å². The highest BCUT2D eigenvalue weighted by Crippen LogP contribution is 2.23. The highest BCUT2D eigenvalue weighted by atomic mass is 16.5. The van der Waals surface area contributed by atoms with E-state index in [0.717, 1.165) is 16.7 Å². The molecule has 0 aliphatic rings. The van der Waals surface area contributed by atoms with Crippen LogP contribution in [0.5, 0.6) is 5.75 Å². The first kappa shape index (κ1) is 16.9. The van der Waals surface area contributed by atoms with Gasteiger partial charge in [-0.15, -0.1) is 0 Å². The Bertz CT molecular complexity index is 1010. The minimum atomic E-state index is -0.367. The van der Waals surface area contributed by atoms with E-state index in [4.69, 9.17) is 4.74 Å². The summed E-state index contributed by atoms with van der Waals surface area (Å²) in [7, 11) is 0. The Morgan fingerprint density at radius 2 is 1.92 bits per heavy atom. The quantitative estimate of drug-likeness (QED) is 0.542. The zero-order chi connectivity index (χ0) is 18.0. The number of aromatic nitrogens is 2. The van der Waals surface area contributed by atoms with Gasteiger partial charge in [-0.05, 0) is 55.7 Å². The van der Waals surface area contributed by atoms with E-state index in [1.807, 2.05) is 39.0 Å². The summed E-state index contributed by atoms with van der Waals surface area (Å²) >= 11 is 0. The second kappa shape index (κ2) is 6.89. The van der Waals surface area contributed by atoms with Gasteiger partial charge in [-0.1, -0.05) is 18.2 Å². The number of hydrogen-bond acceptors (Lipinski definition) is 4. The number of hydrogen-bond donors (Lipinski definition) is 0. The van der Waals surface area contributed by atoms with Gasteiger partial charge in [0.1, 0.15) is 5.75 Å². The van der Waals surface area contributed by atoms with E-state index < -0.39 is 0 Å². The van der Waals surface area contributed by atoms with Gasteiger partial charge in [0.05, 0.1) is 23.7 Å². The Morgan fingerprint density at radius 3 is 2.72 bits per heavy atom. The molecule has 1 aromatic heterocycles. The topological polar surface area (TPSA) is 61.2 Å². The predicted molar refractivity (Wildman–Crippen MR) is 96.9 cm³/mol. The standard InChI is InChI=1S/C20H20N2O3/c1-13-10-14(2)15(3)18(11-13)25-19(23)8-9-22-12-21-17-7-5-4-6-16(17)20(22)24/h4-7,10-12H,8-9H2,1-3H3. The molecule has 0 bridgehead atoms. The van der Waals surface area contributed by atoms with Crippen molar-refractivity contribution in [2.75, 3.05) is 0 Å². The van der Waals surface area contributed by atoms with E-state index in [9.17, 15) is 9.59 Å². The van der Waals surface area contributed by atoms with Crippen LogP contribution in [0.25, 0.3) is 10.9 Å². The lowest BCUT2D eigenvalue weighted by Crippen LogP contribution is -2.23. The first-order chi connectivity index (χ1) is 12.0.